The predicted octanol–water partition coefficient (Wildman–Crippen LogP) is 6.19. The van der Waals surface area contributed by atoms with Gasteiger partial charge in [0.15, 0.2) is 19.7 Å². The van der Waals surface area contributed by atoms with E-state index in [1.54, 1.807) is 18.2 Å². The van der Waals surface area contributed by atoms with Crippen molar-refractivity contribution in [3.05, 3.63) is 58.7 Å². The van der Waals surface area contributed by atoms with Crippen molar-refractivity contribution in [3.63, 3.8) is 0 Å². The van der Waals surface area contributed by atoms with Gasteiger partial charge in [-0.15, -0.1) is 0 Å². The van der Waals surface area contributed by atoms with Crippen molar-refractivity contribution in [2.45, 2.75) is 112 Å². The number of halogens is 6. The molecule has 2 saturated heterocycles. The van der Waals surface area contributed by atoms with Crippen molar-refractivity contribution in [3.8, 4) is 0 Å². The highest BCUT2D eigenvalue weighted by Gasteiger charge is 2.61. The topological polar surface area (TPSA) is 109 Å². The lowest BCUT2D eigenvalue weighted by Gasteiger charge is -2.60. The number of amides is 2. The van der Waals surface area contributed by atoms with Crippen LogP contribution < -0.4 is 0 Å². The quantitative estimate of drug-likeness (QED) is 0.337. The van der Waals surface area contributed by atoms with E-state index in [-0.39, 0.29) is 35.7 Å². The fraction of sp³-hybridized carbons (Fsp3) is 0.611. The van der Waals surface area contributed by atoms with Gasteiger partial charge in [0, 0.05) is 48.5 Å². The van der Waals surface area contributed by atoms with E-state index in [9.17, 15) is 52.8 Å². The number of hydrogen-bond acceptors (Lipinski definition) is 6. The second-order valence-corrected chi connectivity index (χ2v) is 20.2. The number of carbonyl (C=O) groups excluding carboxylic acids is 2. The van der Waals surface area contributed by atoms with Crippen LogP contribution in [0.3, 0.4) is 0 Å². The minimum Gasteiger partial charge on any atom is -0.331 e. The van der Waals surface area contributed by atoms with Crippen LogP contribution in [0, 0.1) is 10.8 Å². The molecule has 16 heteroatoms. The Bertz CT molecular complexity index is 2020. The van der Waals surface area contributed by atoms with E-state index in [0.29, 0.717) is 18.4 Å². The maximum absolute atomic E-state index is 13.1. The number of sulfone groups is 2. The predicted molar refractivity (Wildman–Crippen MR) is 181 cm³/mol. The summed E-state index contributed by atoms with van der Waals surface area (Å²) in [5.74, 6) is -3.65. The third-order valence-corrected chi connectivity index (χ3v) is 15.3. The zero-order valence-electron chi connectivity index (χ0n) is 30.3. The average Bonchev–Trinajstić information content (AvgIpc) is 2.98. The van der Waals surface area contributed by atoms with Crippen LogP contribution in [0.2, 0.25) is 0 Å². The standard InChI is InChI=1S/2C18H22F3NO3S/c1-16(2)14-9-11-5-6-12(26(4,24)25)10-13(11)17(16,3)7-8-22(14)15(23)18(19,20)21;1-16(2)14-10-11-12(6-5-7-13(11)26(4,24)25)17(16,3)8-9-22(14)15(23)18(19,20)21/h5-6,10,14H,7-9H2,1-4H3;5-7,14H,8-10H2,1-4H3/t2*14-,17+/m11/s1. The van der Waals surface area contributed by atoms with Crippen LogP contribution in [-0.2, 0) is 52.9 Å². The molecule has 2 amide bonds. The molecule has 0 N–H and O–H groups in total. The zero-order chi connectivity index (χ0) is 39.4. The first-order chi connectivity index (χ1) is 23.4. The molecule has 4 aliphatic rings. The summed E-state index contributed by atoms with van der Waals surface area (Å²) in [6, 6.07) is 8.55. The molecule has 2 heterocycles. The van der Waals surface area contributed by atoms with Crippen LogP contribution in [0.5, 0.6) is 0 Å². The lowest BCUT2D eigenvalue weighted by atomic mass is 9.51. The Hall–Kier alpha value is -3.14. The number of likely N-dealkylation sites (tertiary alicyclic amines) is 2. The zero-order valence-corrected chi connectivity index (χ0v) is 31.9. The normalized spacial score (nSPS) is 27.8. The van der Waals surface area contributed by atoms with Gasteiger partial charge in [0.25, 0.3) is 0 Å². The van der Waals surface area contributed by atoms with Crippen LogP contribution in [0.1, 0.15) is 76.6 Å². The maximum Gasteiger partial charge on any atom is 0.471 e. The molecule has 0 aromatic heterocycles. The smallest absolute Gasteiger partial charge is 0.331 e. The van der Waals surface area contributed by atoms with E-state index in [0.717, 1.165) is 39.0 Å². The van der Waals surface area contributed by atoms with Gasteiger partial charge in [-0.2, -0.15) is 26.3 Å². The van der Waals surface area contributed by atoms with Gasteiger partial charge in [0.05, 0.1) is 9.79 Å². The summed E-state index contributed by atoms with van der Waals surface area (Å²) in [6.45, 7) is 11.4. The molecule has 2 fully saturated rings. The third-order valence-electron chi connectivity index (χ3n) is 13.0. The highest BCUT2D eigenvalue weighted by Crippen LogP contribution is 2.58. The molecule has 52 heavy (non-hydrogen) atoms. The molecule has 4 bridgehead atoms. The number of carbonyl (C=O) groups is 2. The largest absolute Gasteiger partial charge is 0.471 e. The minimum atomic E-state index is -4.94. The molecule has 4 atom stereocenters. The molecular weight excluding hydrogens is 735 g/mol. The molecular formula is C36H44F6N2O6S2. The molecule has 8 nitrogen and oxygen atoms in total. The average molecular weight is 779 g/mol. The highest BCUT2D eigenvalue weighted by molar-refractivity contribution is 7.91. The van der Waals surface area contributed by atoms with Crippen molar-refractivity contribution >= 4 is 31.5 Å². The molecule has 0 saturated carbocycles. The summed E-state index contributed by atoms with van der Waals surface area (Å²) < 4.78 is 127. The Morgan fingerprint density at radius 3 is 1.58 bits per heavy atom. The first-order valence-corrected chi connectivity index (χ1v) is 20.6. The van der Waals surface area contributed by atoms with Gasteiger partial charge in [-0.25, -0.2) is 16.8 Å². The van der Waals surface area contributed by atoms with Gasteiger partial charge < -0.3 is 9.80 Å². The Kier molecular flexibility index (Phi) is 9.39. The third kappa shape index (κ3) is 6.22. The minimum absolute atomic E-state index is 0.00544. The van der Waals surface area contributed by atoms with Gasteiger partial charge >= 0.3 is 24.2 Å². The second-order valence-electron chi connectivity index (χ2n) is 16.2. The Morgan fingerprint density at radius 1 is 0.673 bits per heavy atom. The molecule has 0 unspecified atom stereocenters. The molecule has 2 aliphatic heterocycles. The van der Waals surface area contributed by atoms with E-state index in [1.807, 2.05) is 47.6 Å². The van der Waals surface area contributed by atoms with Gasteiger partial charge in [-0.3, -0.25) is 9.59 Å². The number of rotatable bonds is 2. The molecule has 6 rings (SSSR count). The van der Waals surface area contributed by atoms with Crippen LogP contribution in [-0.4, -0.2) is 88.5 Å². The Labute approximate surface area is 300 Å². The van der Waals surface area contributed by atoms with E-state index in [4.69, 9.17) is 0 Å². The summed E-state index contributed by atoms with van der Waals surface area (Å²) in [7, 11) is -6.92. The van der Waals surface area contributed by atoms with E-state index in [1.165, 1.54) is 12.1 Å². The number of hydrogen-bond donors (Lipinski definition) is 0. The number of benzene rings is 2. The highest BCUT2D eigenvalue weighted by atomic mass is 32.2. The summed E-state index contributed by atoms with van der Waals surface area (Å²) >= 11 is 0. The maximum atomic E-state index is 13.1. The Balaban J connectivity index is 0.000000201. The number of alkyl halides is 6. The van der Waals surface area contributed by atoms with Gasteiger partial charge in [-0.1, -0.05) is 59.7 Å². The fourth-order valence-electron chi connectivity index (χ4n) is 9.18. The summed E-state index contributed by atoms with van der Waals surface area (Å²) in [6.07, 6.45) is -6.54. The first kappa shape index (κ1) is 40.1. The van der Waals surface area contributed by atoms with Gasteiger partial charge in [0.2, 0.25) is 0 Å². The first-order valence-electron chi connectivity index (χ1n) is 16.8. The van der Waals surface area contributed by atoms with Crippen molar-refractivity contribution < 1.29 is 52.8 Å². The summed E-state index contributed by atoms with van der Waals surface area (Å²) in [5.41, 5.74) is 0.778. The molecule has 0 radical (unpaired) electrons. The van der Waals surface area contributed by atoms with Gasteiger partial charge in [-0.05, 0) is 77.0 Å². The molecule has 288 valence electrons. The van der Waals surface area contributed by atoms with Crippen molar-refractivity contribution in [2.75, 3.05) is 25.6 Å². The SMILES string of the molecule is CC1(C)[C@H]2Cc3c(cccc3S(C)(=O)=O)[C@]1(C)CCN2C(=O)C(F)(F)F.CC1(C)[C@H]2Cc3ccc(S(C)(=O)=O)cc3[C@]1(C)CCN2C(=O)C(F)(F)F. The fourth-order valence-corrected chi connectivity index (χ4v) is 10.8. The van der Waals surface area contributed by atoms with Crippen LogP contribution in [0.15, 0.2) is 46.2 Å². The molecule has 2 aromatic rings. The van der Waals surface area contributed by atoms with E-state index in [2.05, 4.69) is 0 Å². The van der Waals surface area contributed by atoms with E-state index < -0.39 is 77.6 Å². The van der Waals surface area contributed by atoms with Crippen molar-refractivity contribution in [1.82, 2.24) is 9.80 Å². The second kappa shape index (κ2) is 12.2. The molecule has 0 spiro atoms. The van der Waals surface area contributed by atoms with Crippen molar-refractivity contribution in [1.29, 1.82) is 0 Å². The summed E-state index contributed by atoms with van der Waals surface area (Å²) in [4.78, 5) is 26.1. The lowest BCUT2D eigenvalue weighted by molar-refractivity contribution is -0.195. The van der Waals surface area contributed by atoms with Crippen LogP contribution in [0.25, 0.3) is 0 Å². The van der Waals surface area contributed by atoms with Crippen LogP contribution >= 0.6 is 0 Å². The number of fused-ring (bicyclic) bond motifs is 8. The lowest BCUT2D eigenvalue weighted by Crippen LogP contribution is -2.66. The van der Waals surface area contributed by atoms with Crippen LogP contribution in [0.4, 0.5) is 26.3 Å². The van der Waals surface area contributed by atoms with E-state index >= 15 is 0 Å². The summed E-state index contributed by atoms with van der Waals surface area (Å²) in [5, 5.41) is 0. The monoisotopic (exact) mass is 778 g/mol. The number of nitrogens with zero attached hydrogens (tertiary/aromatic N) is 2. The van der Waals surface area contributed by atoms with Crippen molar-refractivity contribution in [2.24, 2.45) is 10.8 Å². The molecule has 2 aliphatic carbocycles. The Morgan fingerprint density at radius 2 is 1.13 bits per heavy atom. The van der Waals surface area contributed by atoms with Gasteiger partial charge in [0.1, 0.15) is 0 Å². The molecule has 2 aromatic carbocycles. The number of piperidine rings is 2.